The van der Waals surface area contributed by atoms with Crippen molar-refractivity contribution in [2.45, 2.75) is 57.6 Å². The van der Waals surface area contributed by atoms with Crippen molar-refractivity contribution in [3.8, 4) is 0 Å². The van der Waals surface area contributed by atoms with Gasteiger partial charge in [-0.05, 0) is 37.4 Å². The van der Waals surface area contributed by atoms with Gasteiger partial charge in [0.1, 0.15) is 13.2 Å². The first-order chi connectivity index (χ1) is 20.9. The number of imide groups is 1. The summed E-state index contributed by atoms with van der Waals surface area (Å²) < 4.78 is 6.18. The molecule has 0 radical (unpaired) electrons. The number of likely N-dealkylation sites (N-methyl/N-ethyl adjacent to an activating group) is 1. The Bertz CT molecular complexity index is 1230. The summed E-state index contributed by atoms with van der Waals surface area (Å²) in [4.78, 5) is 61.4. The first kappa shape index (κ1) is 30.9. The van der Waals surface area contributed by atoms with Gasteiger partial charge in [-0.1, -0.05) is 86.8 Å². The third kappa shape index (κ3) is 6.53. The molecule has 3 fully saturated rings. The first-order valence-electron chi connectivity index (χ1n) is 15.7. The molecule has 1 spiro atoms. The molecule has 0 aromatic heterocycles. The minimum absolute atomic E-state index is 0.123. The quantitative estimate of drug-likeness (QED) is 0.395. The maximum Gasteiger partial charge on any atom is 0.250 e. The number of nitrogens with zero attached hydrogens (tertiary/aromatic N) is 4. The van der Waals surface area contributed by atoms with Crippen molar-refractivity contribution in [2.75, 3.05) is 52.9 Å². The molecule has 2 heterocycles. The van der Waals surface area contributed by atoms with Crippen molar-refractivity contribution in [1.82, 2.24) is 19.6 Å². The SMILES string of the molecule is CCCN(CC(=O)N1C(=O)C2(CCCCC2)C1OCC(=O)N1CCN(C)CC1)C(=O)C(c1ccccc1)c1ccccc1. The highest BCUT2D eigenvalue weighted by Gasteiger charge is 2.63. The Hall–Kier alpha value is -3.56. The van der Waals surface area contributed by atoms with Crippen LogP contribution < -0.4 is 0 Å². The summed E-state index contributed by atoms with van der Waals surface area (Å²) >= 11 is 0. The van der Waals surface area contributed by atoms with E-state index in [-0.39, 0.29) is 30.9 Å². The topological polar surface area (TPSA) is 90.5 Å². The van der Waals surface area contributed by atoms with E-state index in [0.717, 1.165) is 43.5 Å². The normalized spacial score (nSPS) is 20.3. The van der Waals surface area contributed by atoms with Gasteiger partial charge < -0.3 is 19.4 Å². The second kappa shape index (κ2) is 13.8. The summed E-state index contributed by atoms with van der Waals surface area (Å²) in [6, 6.07) is 19.1. The molecule has 1 saturated carbocycles. The van der Waals surface area contributed by atoms with Gasteiger partial charge in [-0.25, -0.2) is 0 Å². The van der Waals surface area contributed by atoms with Crippen LogP contribution in [0.4, 0.5) is 0 Å². The van der Waals surface area contributed by atoms with Gasteiger partial charge in [0.2, 0.25) is 17.7 Å². The zero-order valence-electron chi connectivity index (χ0n) is 25.5. The Morgan fingerprint density at radius 3 is 2.02 bits per heavy atom. The molecule has 2 saturated heterocycles. The van der Waals surface area contributed by atoms with Gasteiger partial charge in [-0.2, -0.15) is 0 Å². The lowest BCUT2D eigenvalue weighted by Crippen LogP contribution is -2.73. The molecule has 0 bridgehead atoms. The first-order valence-corrected chi connectivity index (χ1v) is 15.7. The van der Waals surface area contributed by atoms with Crippen LogP contribution in [0.2, 0.25) is 0 Å². The number of benzene rings is 2. The summed E-state index contributed by atoms with van der Waals surface area (Å²) in [5.41, 5.74) is 0.918. The van der Waals surface area contributed by atoms with Crippen LogP contribution in [-0.4, -0.2) is 102 Å². The minimum atomic E-state index is -0.790. The zero-order chi connectivity index (χ0) is 30.4. The van der Waals surface area contributed by atoms with Crippen LogP contribution in [-0.2, 0) is 23.9 Å². The number of piperazine rings is 1. The monoisotopic (exact) mass is 588 g/mol. The highest BCUT2D eigenvalue weighted by atomic mass is 16.5. The van der Waals surface area contributed by atoms with Gasteiger partial charge in [-0.3, -0.25) is 24.1 Å². The maximum absolute atomic E-state index is 14.2. The lowest BCUT2D eigenvalue weighted by Gasteiger charge is -2.56. The van der Waals surface area contributed by atoms with Crippen molar-refractivity contribution < 1.29 is 23.9 Å². The molecule has 4 amide bonds. The van der Waals surface area contributed by atoms with Crippen LogP contribution in [0.5, 0.6) is 0 Å². The number of likely N-dealkylation sites (tertiary alicyclic amines) is 1. The van der Waals surface area contributed by atoms with Crippen molar-refractivity contribution in [3.63, 3.8) is 0 Å². The van der Waals surface area contributed by atoms with E-state index in [1.165, 1.54) is 4.90 Å². The Morgan fingerprint density at radius 1 is 0.884 bits per heavy atom. The molecule has 43 heavy (non-hydrogen) atoms. The van der Waals surface area contributed by atoms with Gasteiger partial charge in [0.15, 0.2) is 6.23 Å². The summed E-state index contributed by atoms with van der Waals surface area (Å²) in [7, 11) is 2.03. The standard InChI is InChI=1S/C34H44N4O5/c1-3-19-37(31(41)30(26-13-7-4-8-14-26)27-15-9-5-10-16-27)24-28(39)38-32(42)34(17-11-6-12-18-34)33(38)43-25-29(40)36-22-20-35(2)21-23-36/h4-5,7-10,13-16,30,33H,3,6,11-12,17-25H2,1-2H3. The lowest BCUT2D eigenvalue weighted by molar-refractivity contribution is -0.228. The molecular formula is C34H44N4O5. The molecule has 2 aromatic carbocycles. The molecule has 9 heteroatoms. The van der Waals surface area contributed by atoms with E-state index in [1.54, 1.807) is 9.80 Å². The molecule has 0 N–H and O–H groups in total. The number of ether oxygens (including phenoxy) is 1. The zero-order valence-corrected chi connectivity index (χ0v) is 25.5. The number of carbonyl (C=O) groups excluding carboxylic acids is 4. The largest absolute Gasteiger partial charge is 0.347 e. The maximum atomic E-state index is 14.2. The second-order valence-corrected chi connectivity index (χ2v) is 12.1. The Labute approximate surface area is 254 Å². The summed E-state index contributed by atoms with van der Waals surface area (Å²) in [6.45, 7) is 4.81. The Balaban J connectivity index is 1.34. The average molecular weight is 589 g/mol. The molecule has 3 aliphatic rings. The van der Waals surface area contributed by atoms with Gasteiger partial charge in [0.05, 0.1) is 11.3 Å². The number of hydrogen-bond donors (Lipinski definition) is 0. The molecule has 230 valence electrons. The van der Waals surface area contributed by atoms with Crippen molar-refractivity contribution in [3.05, 3.63) is 71.8 Å². The van der Waals surface area contributed by atoms with Crippen LogP contribution in [0, 0.1) is 5.41 Å². The molecule has 1 unspecified atom stereocenters. The van der Waals surface area contributed by atoms with Gasteiger partial charge in [-0.15, -0.1) is 0 Å². The molecular weight excluding hydrogens is 544 g/mol. The van der Waals surface area contributed by atoms with Gasteiger partial charge in [0, 0.05) is 32.7 Å². The summed E-state index contributed by atoms with van der Waals surface area (Å²) in [6.07, 6.45) is 3.96. The summed E-state index contributed by atoms with van der Waals surface area (Å²) in [5.74, 6) is -1.58. The third-order valence-corrected chi connectivity index (χ3v) is 9.23. The van der Waals surface area contributed by atoms with Crippen molar-refractivity contribution in [2.24, 2.45) is 5.41 Å². The Morgan fingerprint density at radius 2 is 1.47 bits per heavy atom. The molecule has 9 nitrogen and oxygen atoms in total. The fraction of sp³-hybridized carbons (Fsp3) is 0.529. The molecule has 1 aliphatic carbocycles. The number of amides is 4. The van der Waals surface area contributed by atoms with Crippen LogP contribution in [0.15, 0.2) is 60.7 Å². The predicted molar refractivity (Wildman–Crippen MR) is 163 cm³/mol. The van der Waals surface area contributed by atoms with Crippen molar-refractivity contribution in [1.29, 1.82) is 0 Å². The van der Waals surface area contributed by atoms with Gasteiger partial charge >= 0.3 is 0 Å². The van der Waals surface area contributed by atoms with Crippen LogP contribution >= 0.6 is 0 Å². The number of rotatable bonds is 10. The third-order valence-electron chi connectivity index (χ3n) is 9.23. The van der Waals surface area contributed by atoms with E-state index in [1.807, 2.05) is 74.6 Å². The van der Waals surface area contributed by atoms with E-state index in [9.17, 15) is 19.2 Å². The van der Waals surface area contributed by atoms with Crippen LogP contribution in [0.3, 0.4) is 0 Å². The van der Waals surface area contributed by atoms with E-state index >= 15 is 0 Å². The Kier molecular flexibility index (Phi) is 9.93. The van der Waals surface area contributed by atoms with E-state index < -0.39 is 23.5 Å². The number of carbonyl (C=O) groups is 4. The van der Waals surface area contributed by atoms with E-state index in [0.29, 0.717) is 38.9 Å². The van der Waals surface area contributed by atoms with Crippen LogP contribution in [0.25, 0.3) is 0 Å². The summed E-state index contributed by atoms with van der Waals surface area (Å²) in [5, 5.41) is 0. The smallest absolute Gasteiger partial charge is 0.250 e. The van der Waals surface area contributed by atoms with E-state index in [2.05, 4.69) is 4.90 Å². The highest BCUT2D eigenvalue weighted by molar-refractivity contribution is 6.05. The minimum Gasteiger partial charge on any atom is -0.347 e. The fourth-order valence-corrected chi connectivity index (χ4v) is 6.78. The molecule has 1 atom stereocenters. The lowest BCUT2D eigenvalue weighted by atomic mass is 9.66. The predicted octanol–water partition coefficient (Wildman–Crippen LogP) is 3.49. The van der Waals surface area contributed by atoms with Crippen molar-refractivity contribution >= 4 is 23.6 Å². The van der Waals surface area contributed by atoms with E-state index in [4.69, 9.17) is 4.74 Å². The second-order valence-electron chi connectivity index (χ2n) is 12.1. The number of β-lactam (4-membered cyclic amide) rings is 1. The van der Waals surface area contributed by atoms with Gasteiger partial charge in [0.25, 0.3) is 5.91 Å². The fourth-order valence-electron chi connectivity index (χ4n) is 6.78. The molecule has 2 aliphatic heterocycles. The molecule has 2 aromatic rings. The number of hydrogen-bond acceptors (Lipinski definition) is 6. The highest BCUT2D eigenvalue weighted by Crippen LogP contribution is 2.50. The average Bonchev–Trinajstić information content (AvgIpc) is 3.04. The van der Waals surface area contributed by atoms with Crippen LogP contribution in [0.1, 0.15) is 62.5 Å². The molecule has 5 rings (SSSR count).